The molecule has 0 aliphatic carbocycles. The summed E-state index contributed by atoms with van der Waals surface area (Å²) in [5.74, 6) is 1.06. The van der Waals surface area contributed by atoms with Gasteiger partial charge in [-0.15, -0.1) is 0 Å². The standard InChI is InChI=1S/C18H20O4/c1-3-21-15-11-9-14(10-12-15)13-17(18(19)20-2)22-16-7-5-4-6-8-16/h4-12,17H,3,13H2,1-2H3. The smallest absolute Gasteiger partial charge is 0.347 e. The molecule has 2 aromatic rings. The van der Waals surface area contributed by atoms with Crippen LogP contribution < -0.4 is 9.47 Å². The lowest BCUT2D eigenvalue weighted by atomic mass is 10.1. The first kappa shape index (κ1) is 15.9. The van der Waals surface area contributed by atoms with E-state index in [9.17, 15) is 4.79 Å². The first-order valence-electron chi connectivity index (χ1n) is 7.24. The Hall–Kier alpha value is -2.49. The van der Waals surface area contributed by atoms with Crippen molar-refractivity contribution >= 4 is 5.97 Å². The first-order valence-corrected chi connectivity index (χ1v) is 7.24. The Morgan fingerprint density at radius 2 is 1.68 bits per heavy atom. The number of rotatable bonds is 7. The minimum Gasteiger partial charge on any atom is -0.494 e. The second kappa shape index (κ2) is 8.08. The summed E-state index contributed by atoms with van der Waals surface area (Å²) < 4.78 is 16.0. The van der Waals surface area contributed by atoms with E-state index in [0.29, 0.717) is 18.8 Å². The van der Waals surface area contributed by atoms with Gasteiger partial charge in [0.05, 0.1) is 13.7 Å². The van der Waals surface area contributed by atoms with E-state index >= 15 is 0 Å². The normalized spacial score (nSPS) is 11.5. The minimum atomic E-state index is -0.676. The van der Waals surface area contributed by atoms with Crippen molar-refractivity contribution in [2.75, 3.05) is 13.7 Å². The third-order valence-electron chi connectivity index (χ3n) is 3.14. The van der Waals surface area contributed by atoms with Gasteiger partial charge < -0.3 is 14.2 Å². The Balaban J connectivity index is 2.07. The van der Waals surface area contributed by atoms with E-state index in [2.05, 4.69) is 0 Å². The second-order valence-electron chi connectivity index (χ2n) is 4.72. The van der Waals surface area contributed by atoms with E-state index in [-0.39, 0.29) is 0 Å². The zero-order valence-corrected chi connectivity index (χ0v) is 12.8. The monoisotopic (exact) mass is 300 g/mol. The van der Waals surface area contributed by atoms with Crippen molar-refractivity contribution in [1.29, 1.82) is 0 Å². The maximum Gasteiger partial charge on any atom is 0.347 e. The molecule has 0 amide bonds. The topological polar surface area (TPSA) is 44.8 Å². The lowest BCUT2D eigenvalue weighted by molar-refractivity contribution is -0.148. The summed E-state index contributed by atoms with van der Waals surface area (Å²) in [5.41, 5.74) is 0.981. The highest BCUT2D eigenvalue weighted by molar-refractivity contribution is 5.75. The molecule has 4 nitrogen and oxygen atoms in total. The summed E-state index contributed by atoms with van der Waals surface area (Å²) >= 11 is 0. The second-order valence-corrected chi connectivity index (χ2v) is 4.72. The van der Waals surface area contributed by atoms with Crippen molar-refractivity contribution in [2.45, 2.75) is 19.4 Å². The van der Waals surface area contributed by atoms with E-state index in [1.165, 1.54) is 7.11 Å². The lowest BCUT2D eigenvalue weighted by Crippen LogP contribution is -2.30. The van der Waals surface area contributed by atoms with Gasteiger partial charge in [0, 0.05) is 6.42 Å². The molecule has 116 valence electrons. The highest BCUT2D eigenvalue weighted by Gasteiger charge is 2.21. The van der Waals surface area contributed by atoms with Crippen LogP contribution in [0.15, 0.2) is 54.6 Å². The van der Waals surface area contributed by atoms with E-state index in [1.54, 1.807) is 0 Å². The molecule has 2 aromatic carbocycles. The number of hydrogen-bond acceptors (Lipinski definition) is 4. The molecule has 0 fully saturated rings. The molecule has 0 radical (unpaired) electrons. The fourth-order valence-electron chi connectivity index (χ4n) is 2.07. The van der Waals surface area contributed by atoms with Crippen LogP contribution in [0.2, 0.25) is 0 Å². The molecule has 0 N–H and O–H groups in total. The van der Waals surface area contributed by atoms with Crippen molar-refractivity contribution in [1.82, 2.24) is 0 Å². The van der Waals surface area contributed by atoms with Crippen molar-refractivity contribution in [2.24, 2.45) is 0 Å². The van der Waals surface area contributed by atoms with Gasteiger partial charge in [-0.25, -0.2) is 4.79 Å². The summed E-state index contributed by atoms with van der Waals surface area (Å²) in [6.07, 6.45) is -0.237. The van der Waals surface area contributed by atoms with Crippen LogP contribution in [0.4, 0.5) is 0 Å². The fraction of sp³-hybridized carbons (Fsp3) is 0.278. The van der Waals surface area contributed by atoms with E-state index in [4.69, 9.17) is 14.2 Å². The summed E-state index contributed by atoms with van der Waals surface area (Å²) in [6.45, 7) is 2.57. The average Bonchev–Trinajstić information content (AvgIpc) is 2.56. The zero-order chi connectivity index (χ0) is 15.8. The molecule has 0 aliphatic rings. The van der Waals surface area contributed by atoms with Crippen LogP contribution in [0.3, 0.4) is 0 Å². The van der Waals surface area contributed by atoms with Gasteiger partial charge in [-0.2, -0.15) is 0 Å². The molecule has 0 aliphatic heterocycles. The van der Waals surface area contributed by atoms with Crippen LogP contribution in [-0.4, -0.2) is 25.8 Å². The lowest BCUT2D eigenvalue weighted by Gasteiger charge is -2.17. The van der Waals surface area contributed by atoms with Crippen LogP contribution in [0.5, 0.6) is 11.5 Å². The Bertz CT molecular complexity index is 578. The van der Waals surface area contributed by atoms with Crippen LogP contribution in [0, 0.1) is 0 Å². The third kappa shape index (κ3) is 4.52. The van der Waals surface area contributed by atoms with Crippen molar-refractivity contribution in [3.8, 4) is 11.5 Å². The molecular formula is C18H20O4. The van der Waals surface area contributed by atoms with Crippen LogP contribution >= 0.6 is 0 Å². The molecule has 1 unspecified atom stereocenters. The van der Waals surface area contributed by atoms with Crippen LogP contribution in [0.1, 0.15) is 12.5 Å². The number of esters is 1. The summed E-state index contributed by atoms with van der Waals surface area (Å²) in [7, 11) is 1.36. The number of carbonyl (C=O) groups excluding carboxylic acids is 1. The van der Waals surface area contributed by atoms with E-state index < -0.39 is 12.1 Å². The number of carbonyl (C=O) groups is 1. The largest absolute Gasteiger partial charge is 0.494 e. The predicted molar refractivity (Wildman–Crippen MR) is 84.2 cm³/mol. The highest BCUT2D eigenvalue weighted by Crippen LogP contribution is 2.17. The van der Waals surface area contributed by atoms with Crippen LogP contribution in [0.25, 0.3) is 0 Å². The number of methoxy groups -OCH3 is 1. The third-order valence-corrected chi connectivity index (χ3v) is 3.14. The van der Waals surface area contributed by atoms with Gasteiger partial charge in [-0.1, -0.05) is 30.3 Å². The van der Waals surface area contributed by atoms with Crippen molar-refractivity contribution in [3.63, 3.8) is 0 Å². The van der Waals surface area contributed by atoms with Gasteiger partial charge in [-0.05, 0) is 36.8 Å². The summed E-state index contributed by atoms with van der Waals surface area (Å²) in [6, 6.07) is 16.9. The van der Waals surface area contributed by atoms with Crippen molar-refractivity contribution < 1.29 is 19.0 Å². The quantitative estimate of drug-likeness (QED) is 0.736. The average molecular weight is 300 g/mol. The van der Waals surface area contributed by atoms with Gasteiger partial charge >= 0.3 is 5.97 Å². The molecule has 2 rings (SSSR count). The maximum atomic E-state index is 11.9. The van der Waals surface area contributed by atoms with E-state index in [1.807, 2.05) is 61.5 Å². The number of benzene rings is 2. The molecule has 0 aromatic heterocycles. The molecule has 0 spiro atoms. The highest BCUT2D eigenvalue weighted by atomic mass is 16.6. The number of hydrogen-bond donors (Lipinski definition) is 0. The molecule has 4 heteroatoms. The number of ether oxygens (including phenoxy) is 3. The molecule has 0 saturated heterocycles. The predicted octanol–water partition coefficient (Wildman–Crippen LogP) is 3.25. The molecule has 1 atom stereocenters. The van der Waals surface area contributed by atoms with E-state index in [0.717, 1.165) is 11.3 Å². The molecule has 0 saturated carbocycles. The Morgan fingerprint density at radius 3 is 2.27 bits per heavy atom. The Kier molecular flexibility index (Phi) is 5.83. The Labute approximate surface area is 130 Å². The zero-order valence-electron chi connectivity index (χ0n) is 12.8. The molecular weight excluding hydrogens is 280 g/mol. The summed E-state index contributed by atoms with van der Waals surface area (Å²) in [4.78, 5) is 11.9. The first-order chi connectivity index (χ1) is 10.7. The van der Waals surface area contributed by atoms with Crippen molar-refractivity contribution in [3.05, 3.63) is 60.2 Å². The summed E-state index contributed by atoms with van der Waals surface area (Å²) in [5, 5.41) is 0. The molecule has 0 bridgehead atoms. The van der Waals surface area contributed by atoms with Gasteiger partial charge in [0.2, 0.25) is 0 Å². The maximum absolute atomic E-state index is 11.9. The van der Waals surface area contributed by atoms with Gasteiger partial charge in [0.15, 0.2) is 6.10 Å². The van der Waals surface area contributed by atoms with Gasteiger partial charge in [0.1, 0.15) is 11.5 Å². The fourth-order valence-corrected chi connectivity index (χ4v) is 2.07. The SMILES string of the molecule is CCOc1ccc(CC(Oc2ccccc2)C(=O)OC)cc1. The molecule has 22 heavy (non-hydrogen) atoms. The van der Waals surface area contributed by atoms with Gasteiger partial charge in [0.25, 0.3) is 0 Å². The number of para-hydroxylation sites is 1. The Morgan fingerprint density at radius 1 is 1.00 bits per heavy atom. The molecule has 0 heterocycles. The van der Waals surface area contributed by atoms with Gasteiger partial charge in [-0.3, -0.25) is 0 Å². The minimum absolute atomic E-state index is 0.391. The van der Waals surface area contributed by atoms with Crippen LogP contribution in [-0.2, 0) is 16.0 Å².